The fraction of sp³-hybridized carbons (Fsp3) is 0.261. The number of nitrogens with zero attached hydrogens (tertiary/aromatic N) is 4. The minimum atomic E-state index is -3.85. The number of carbonyl (C=O) groups is 1. The zero-order valence-corrected chi connectivity index (χ0v) is 20.4. The summed E-state index contributed by atoms with van der Waals surface area (Å²) in [6, 6.07) is 13.1. The number of aromatic nitrogens is 3. The van der Waals surface area contributed by atoms with Gasteiger partial charge in [0.05, 0.1) is 10.5 Å². The van der Waals surface area contributed by atoms with Crippen molar-refractivity contribution in [3.05, 3.63) is 66.1 Å². The van der Waals surface area contributed by atoms with Crippen LogP contribution >= 0.6 is 11.8 Å². The highest BCUT2D eigenvalue weighted by atomic mass is 32.2. The van der Waals surface area contributed by atoms with Gasteiger partial charge in [-0.05, 0) is 54.8 Å². The van der Waals surface area contributed by atoms with Crippen LogP contribution in [0.4, 0.5) is 11.6 Å². The molecular weight excluding hydrogens is 472 g/mol. The summed E-state index contributed by atoms with van der Waals surface area (Å²) < 4.78 is 27.2. The van der Waals surface area contributed by atoms with Crippen molar-refractivity contribution < 1.29 is 13.2 Å². The molecule has 0 aliphatic rings. The molecule has 0 bridgehead atoms. The highest BCUT2D eigenvalue weighted by molar-refractivity contribution is 7.99. The zero-order valence-electron chi connectivity index (χ0n) is 18.7. The number of hydrogen-bond donors (Lipinski definition) is 2. The number of pyridine rings is 1. The molecular formula is C23H24N6O3S2. The summed E-state index contributed by atoms with van der Waals surface area (Å²) in [6.07, 6.45) is 3.89. The Morgan fingerprint density at radius 2 is 1.82 bits per heavy atom. The molecule has 9 nitrogen and oxygen atoms in total. The van der Waals surface area contributed by atoms with Crippen LogP contribution in [0.2, 0.25) is 0 Å². The van der Waals surface area contributed by atoms with Gasteiger partial charge in [-0.2, -0.15) is 5.26 Å². The molecule has 0 atom stereocenters. The molecule has 0 saturated carbocycles. The molecule has 3 aromatic rings. The van der Waals surface area contributed by atoms with Crippen LogP contribution < -0.4 is 10.0 Å². The number of rotatable bonds is 10. The van der Waals surface area contributed by atoms with Gasteiger partial charge in [0.25, 0.3) is 10.0 Å². The lowest BCUT2D eigenvalue weighted by molar-refractivity contribution is -0.115. The van der Waals surface area contributed by atoms with Gasteiger partial charge in [0.15, 0.2) is 0 Å². The predicted octanol–water partition coefficient (Wildman–Crippen LogP) is 3.86. The first-order valence-electron chi connectivity index (χ1n) is 10.5. The van der Waals surface area contributed by atoms with Crippen LogP contribution in [0.5, 0.6) is 0 Å². The molecule has 0 saturated heterocycles. The van der Waals surface area contributed by atoms with Gasteiger partial charge < -0.3 is 5.32 Å². The van der Waals surface area contributed by atoms with Gasteiger partial charge in [-0.1, -0.05) is 13.8 Å². The number of thioether (sulfide) groups is 1. The van der Waals surface area contributed by atoms with Gasteiger partial charge in [-0.15, -0.1) is 11.8 Å². The minimum Gasteiger partial charge on any atom is -0.326 e. The standard InChI is InChI=1S/C23H24N6O3S2/c1-16(2)14-19-5-4-17(15-24)22(28-19)33-13-10-21(30)27-18-6-8-20(9-7-18)34(31,32)29-23-25-11-3-12-26-23/h3-9,11-12,16H,10,13-14H2,1-2H3,(H,27,30)(H,25,26,29). The molecule has 34 heavy (non-hydrogen) atoms. The van der Waals surface area contributed by atoms with Crippen LogP contribution in [0, 0.1) is 17.2 Å². The van der Waals surface area contributed by atoms with E-state index >= 15 is 0 Å². The maximum absolute atomic E-state index is 12.4. The smallest absolute Gasteiger partial charge is 0.264 e. The normalized spacial score (nSPS) is 11.1. The molecule has 3 rings (SSSR count). The molecule has 0 spiro atoms. The van der Waals surface area contributed by atoms with Crippen LogP contribution in [0.15, 0.2) is 64.8 Å². The van der Waals surface area contributed by atoms with E-state index in [1.165, 1.54) is 48.4 Å². The molecule has 2 N–H and O–H groups in total. The van der Waals surface area contributed by atoms with Crippen LogP contribution in [0.25, 0.3) is 0 Å². The van der Waals surface area contributed by atoms with Crippen LogP contribution in [0.3, 0.4) is 0 Å². The van der Waals surface area contributed by atoms with Gasteiger partial charge in [0.1, 0.15) is 11.1 Å². The van der Waals surface area contributed by atoms with E-state index in [-0.39, 0.29) is 23.2 Å². The highest BCUT2D eigenvalue weighted by Crippen LogP contribution is 2.23. The van der Waals surface area contributed by atoms with Crippen molar-refractivity contribution in [1.82, 2.24) is 15.0 Å². The molecule has 11 heteroatoms. The average molecular weight is 497 g/mol. The summed E-state index contributed by atoms with van der Waals surface area (Å²) in [5.41, 5.74) is 1.88. The monoisotopic (exact) mass is 496 g/mol. The molecule has 2 aromatic heterocycles. The summed E-state index contributed by atoms with van der Waals surface area (Å²) in [5.74, 6) is 0.649. The van der Waals surface area contributed by atoms with E-state index < -0.39 is 10.0 Å². The van der Waals surface area contributed by atoms with E-state index in [0.717, 1.165) is 12.1 Å². The molecule has 1 amide bonds. The predicted molar refractivity (Wildman–Crippen MR) is 131 cm³/mol. The fourth-order valence-electron chi connectivity index (χ4n) is 2.92. The first-order valence-corrected chi connectivity index (χ1v) is 13.0. The molecule has 1 aromatic carbocycles. The Morgan fingerprint density at radius 1 is 1.12 bits per heavy atom. The van der Waals surface area contributed by atoms with Crippen molar-refractivity contribution >= 4 is 39.3 Å². The Labute approximate surface area is 203 Å². The summed E-state index contributed by atoms with van der Waals surface area (Å²) in [5, 5.41) is 12.7. The number of sulfonamides is 1. The topological polar surface area (TPSA) is 138 Å². The minimum absolute atomic E-state index is 0.0184. The third kappa shape index (κ3) is 7.26. The summed E-state index contributed by atoms with van der Waals surface area (Å²) in [6.45, 7) is 4.21. The molecule has 0 unspecified atom stereocenters. The number of benzene rings is 1. The van der Waals surface area contributed by atoms with E-state index in [9.17, 15) is 18.5 Å². The van der Waals surface area contributed by atoms with Gasteiger partial charge in [-0.3, -0.25) is 4.79 Å². The van der Waals surface area contributed by atoms with Crippen LogP contribution in [-0.4, -0.2) is 35.0 Å². The van der Waals surface area contributed by atoms with E-state index in [1.807, 2.05) is 6.07 Å². The van der Waals surface area contributed by atoms with E-state index in [2.05, 4.69) is 44.9 Å². The lowest BCUT2D eigenvalue weighted by Crippen LogP contribution is -2.15. The van der Waals surface area contributed by atoms with E-state index in [4.69, 9.17) is 0 Å². The quantitative estimate of drug-likeness (QED) is 0.404. The van der Waals surface area contributed by atoms with Crippen molar-refractivity contribution in [1.29, 1.82) is 5.26 Å². The summed E-state index contributed by atoms with van der Waals surface area (Å²) >= 11 is 1.36. The Hall–Kier alpha value is -3.49. The number of nitrogens with one attached hydrogen (secondary N) is 2. The Morgan fingerprint density at radius 3 is 2.47 bits per heavy atom. The van der Waals surface area contributed by atoms with Gasteiger partial charge in [-0.25, -0.2) is 28.1 Å². The second kappa shape index (κ2) is 11.6. The summed E-state index contributed by atoms with van der Waals surface area (Å²) in [4.78, 5) is 24.6. The van der Waals surface area contributed by atoms with Crippen molar-refractivity contribution in [3.63, 3.8) is 0 Å². The second-order valence-electron chi connectivity index (χ2n) is 7.71. The first kappa shape index (κ1) is 25.1. The Bertz CT molecular complexity index is 1270. The Kier molecular flexibility index (Phi) is 8.56. The third-order valence-corrected chi connectivity index (χ3v) is 6.80. The number of nitriles is 1. The number of carbonyl (C=O) groups excluding carboxylic acids is 1. The van der Waals surface area contributed by atoms with E-state index in [1.54, 1.807) is 12.1 Å². The molecule has 0 radical (unpaired) electrons. The van der Waals surface area contributed by atoms with Gasteiger partial charge in [0.2, 0.25) is 11.9 Å². The lowest BCUT2D eigenvalue weighted by Gasteiger charge is -2.09. The fourth-order valence-corrected chi connectivity index (χ4v) is 4.81. The van der Waals surface area contributed by atoms with Crippen molar-refractivity contribution in [2.45, 2.75) is 36.6 Å². The van der Waals surface area contributed by atoms with Crippen LogP contribution in [-0.2, 0) is 21.2 Å². The Balaban J connectivity index is 1.54. The highest BCUT2D eigenvalue weighted by Gasteiger charge is 2.16. The van der Waals surface area contributed by atoms with Gasteiger partial charge in [0, 0.05) is 35.9 Å². The first-order chi connectivity index (χ1) is 16.3. The summed E-state index contributed by atoms with van der Waals surface area (Å²) in [7, 11) is -3.85. The average Bonchev–Trinajstić information content (AvgIpc) is 2.79. The molecule has 0 fully saturated rings. The SMILES string of the molecule is CC(C)Cc1ccc(C#N)c(SCCC(=O)Nc2ccc(S(=O)(=O)Nc3ncccn3)cc2)n1. The molecule has 2 heterocycles. The number of amides is 1. The molecule has 0 aliphatic heterocycles. The van der Waals surface area contributed by atoms with Crippen LogP contribution in [0.1, 0.15) is 31.5 Å². The molecule has 176 valence electrons. The second-order valence-corrected chi connectivity index (χ2v) is 10.5. The van der Waals surface area contributed by atoms with Gasteiger partial charge >= 0.3 is 0 Å². The van der Waals surface area contributed by atoms with Crippen molar-refractivity contribution in [2.24, 2.45) is 5.92 Å². The van der Waals surface area contributed by atoms with Crippen molar-refractivity contribution in [3.8, 4) is 6.07 Å². The maximum Gasteiger partial charge on any atom is 0.264 e. The zero-order chi connectivity index (χ0) is 24.6. The third-order valence-electron chi connectivity index (χ3n) is 4.46. The largest absolute Gasteiger partial charge is 0.326 e. The van der Waals surface area contributed by atoms with E-state index in [0.29, 0.717) is 27.9 Å². The number of hydrogen-bond acceptors (Lipinski definition) is 8. The number of anilines is 2. The molecule has 0 aliphatic carbocycles. The maximum atomic E-state index is 12.4. The lowest BCUT2D eigenvalue weighted by atomic mass is 10.1. The van der Waals surface area contributed by atoms with Crippen molar-refractivity contribution in [2.75, 3.05) is 15.8 Å².